The molecule has 1 unspecified atom stereocenters. The zero-order chi connectivity index (χ0) is 14.3. The van der Waals surface area contributed by atoms with Crippen LogP contribution in [-0.2, 0) is 29.4 Å². The molecule has 6 heteroatoms. The maximum Gasteiger partial charge on any atom is 0.0850 e. The van der Waals surface area contributed by atoms with E-state index in [4.69, 9.17) is 21.1 Å². The molecule has 0 amide bonds. The van der Waals surface area contributed by atoms with Crippen molar-refractivity contribution in [2.24, 2.45) is 7.05 Å². The maximum atomic E-state index is 9.98. The summed E-state index contributed by atoms with van der Waals surface area (Å²) in [6.07, 6.45) is 1.39. The minimum atomic E-state index is -0.472. The van der Waals surface area contributed by atoms with Crippen molar-refractivity contribution in [3.05, 3.63) is 16.4 Å². The van der Waals surface area contributed by atoms with E-state index in [0.29, 0.717) is 37.7 Å². The summed E-state index contributed by atoms with van der Waals surface area (Å²) in [7, 11) is 3.48. The van der Waals surface area contributed by atoms with E-state index < -0.39 is 6.10 Å². The first-order valence-corrected chi connectivity index (χ1v) is 6.92. The number of rotatable bonds is 9. The van der Waals surface area contributed by atoms with Crippen LogP contribution in [0.5, 0.6) is 0 Å². The van der Waals surface area contributed by atoms with Crippen LogP contribution in [-0.4, -0.2) is 47.9 Å². The van der Waals surface area contributed by atoms with Crippen LogP contribution in [0.2, 0.25) is 5.02 Å². The van der Waals surface area contributed by atoms with Gasteiger partial charge in [-0.1, -0.05) is 18.5 Å². The topological polar surface area (TPSA) is 56.5 Å². The first-order valence-electron chi connectivity index (χ1n) is 6.55. The number of aromatic nitrogens is 2. The van der Waals surface area contributed by atoms with Gasteiger partial charge in [0.1, 0.15) is 0 Å². The van der Waals surface area contributed by atoms with Crippen LogP contribution >= 0.6 is 11.6 Å². The van der Waals surface area contributed by atoms with Gasteiger partial charge in [0.2, 0.25) is 0 Å². The zero-order valence-electron chi connectivity index (χ0n) is 11.9. The minimum Gasteiger partial charge on any atom is -0.393 e. The van der Waals surface area contributed by atoms with Crippen LogP contribution in [0.25, 0.3) is 0 Å². The number of hydrogen-bond donors (Lipinski definition) is 1. The van der Waals surface area contributed by atoms with Crippen LogP contribution in [0.4, 0.5) is 0 Å². The highest BCUT2D eigenvalue weighted by Gasteiger charge is 2.16. The van der Waals surface area contributed by atoms with E-state index in [-0.39, 0.29) is 0 Å². The molecule has 0 aromatic carbocycles. The van der Waals surface area contributed by atoms with Gasteiger partial charge in [-0.15, -0.1) is 0 Å². The standard InChI is InChI=1S/C13H23ClN2O3/c1-4-11-13(14)12(16(2)15-11)9-10(17)5-6-19-8-7-18-3/h10,17H,4-9H2,1-3H3. The summed E-state index contributed by atoms with van der Waals surface area (Å²) in [6, 6.07) is 0. The second kappa shape index (κ2) is 8.53. The van der Waals surface area contributed by atoms with Crippen LogP contribution in [0.3, 0.4) is 0 Å². The van der Waals surface area contributed by atoms with Gasteiger partial charge in [-0.2, -0.15) is 5.10 Å². The van der Waals surface area contributed by atoms with Crippen molar-refractivity contribution < 1.29 is 14.6 Å². The van der Waals surface area contributed by atoms with E-state index in [0.717, 1.165) is 17.8 Å². The Balaban J connectivity index is 2.39. The summed E-state index contributed by atoms with van der Waals surface area (Å²) < 4.78 is 11.9. The fraction of sp³-hybridized carbons (Fsp3) is 0.769. The van der Waals surface area contributed by atoms with Crippen molar-refractivity contribution >= 4 is 11.6 Å². The molecule has 0 saturated heterocycles. The molecule has 1 aromatic heterocycles. The Labute approximate surface area is 119 Å². The molecule has 0 aliphatic heterocycles. The third kappa shape index (κ3) is 5.10. The van der Waals surface area contributed by atoms with E-state index in [1.165, 1.54) is 0 Å². The van der Waals surface area contributed by atoms with Gasteiger partial charge < -0.3 is 14.6 Å². The average molecular weight is 291 g/mol. The number of halogens is 1. The summed E-state index contributed by atoms with van der Waals surface area (Å²) in [5, 5.41) is 15.0. The highest BCUT2D eigenvalue weighted by molar-refractivity contribution is 6.31. The summed E-state index contributed by atoms with van der Waals surface area (Å²) in [5.74, 6) is 0. The SMILES string of the molecule is CCc1nn(C)c(CC(O)CCOCCOC)c1Cl. The summed E-state index contributed by atoms with van der Waals surface area (Å²) >= 11 is 6.23. The van der Waals surface area contributed by atoms with Crippen LogP contribution < -0.4 is 0 Å². The second-order valence-corrected chi connectivity index (χ2v) is 4.81. The fourth-order valence-corrected chi connectivity index (χ4v) is 2.20. The first-order chi connectivity index (χ1) is 9.10. The molecule has 0 aliphatic carbocycles. The van der Waals surface area contributed by atoms with E-state index in [2.05, 4.69) is 5.10 Å². The summed E-state index contributed by atoms with van der Waals surface area (Å²) in [6.45, 7) is 3.65. The third-order valence-electron chi connectivity index (χ3n) is 2.96. The molecular formula is C13H23ClN2O3. The number of hydrogen-bond acceptors (Lipinski definition) is 4. The molecule has 1 N–H and O–H groups in total. The monoisotopic (exact) mass is 290 g/mol. The van der Waals surface area contributed by atoms with Crippen molar-refractivity contribution in [3.63, 3.8) is 0 Å². The Morgan fingerprint density at radius 3 is 2.68 bits per heavy atom. The van der Waals surface area contributed by atoms with Gasteiger partial charge in [0.25, 0.3) is 0 Å². The van der Waals surface area contributed by atoms with Gasteiger partial charge in [0, 0.05) is 27.2 Å². The van der Waals surface area contributed by atoms with Gasteiger partial charge in [0.05, 0.1) is 35.7 Å². The van der Waals surface area contributed by atoms with E-state index in [1.807, 2.05) is 14.0 Å². The predicted molar refractivity (Wildman–Crippen MR) is 74.6 cm³/mol. The number of nitrogens with zero attached hydrogens (tertiary/aromatic N) is 2. The van der Waals surface area contributed by atoms with E-state index in [9.17, 15) is 5.11 Å². The molecule has 0 spiro atoms. The molecule has 1 aromatic rings. The highest BCUT2D eigenvalue weighted by Crippen LogP contribution is 2.22. The van der Waals surface area contributed by atoms with Crippen LogP contribution in [0.1, 0.15) is 24.7 Å². The van der Waals surface area contributed by atoms with Crippen molar-refractivity contribution in [2.75, 3.05) is 26.9 Å². The van der Waals surface area contributed by atoms with Crippen LogP contribution in [0, 0.1) is 0 Å². The molecule has 0 fully saturated rings. The number of aliphatic hydroxyl groups excluding tert-OH is 1. The van der Waals surface area contributed by atoms with Crippen molar-refractivity contribution in [2.45, 2.75) is 32.3 Å². The Hall–Kier alpha value is -0.620. The minimum absolute atomic E-state index is 0.472. The lowest BCUT2D eigenvalue weighted by Crippen LogP contribution is -2.16. The molecular weight excluding hydrogens is 268 g/mol. The lowest BCUT2D eigenvalue weighted by atomic mass is 10.1. The second-order valence-electron chi connectivity index (χ2n) is 4.44. The molecule has 19 heavy (non-hydrogen) atoms. The zero-order valence-corrected chi connectivity index (χ0v) is 12.6. The number of ether oxygens (including phenoxy) is 2. The quantitative estimate of drug-likeness (QED) is 0.702. The smallest absolute Gasteiger partial charge is 0.0850 e. The van der Waals surface area contributed by atoms with Gasteiger partial charge in [-0.05, 0) is 12.8 Å². The Kier molecular flexibility index (Phi) is 7.38. The predicted octanol–water partition coefficient (Wildman–Crippen LogP) is 1.59. The average Bonchev–Trinajstić information content (AvgIpc) is 2.66. The fourth-order valence-electron chi connectivity index (χ4n) is 1.83. The van der Waals surface area contributed by atoms with E-state index in [1.54, 1.807) is 11.8 Å². The molecule has 0 aliphatic rings. The number of aliphatic hydroxyl groups is 1. The lowest BCUT2D eigenvalue weighted by molar-refractivity contribution is 0.0475. The van der Waals surface area contributed by atoms with Gasteiger partial charge >= 0.3 is 0 Å². The largest absolute Gasteiger partial charge is 0.393 e. The van der Waals surface area contributed by atoms with Crippen molar-refractivity contribution in [1.82, 2.24) is 9.78 Å². The Morgan fingerprint density at radius 2 is 2.11 bits per heavy atom. The van der Waals surface area contributed by atoms with Gasteiger partial charge in [0.15, 0.2) is 0 Å². The van der Waals surface area contributed by atoms with Crippen LogP contribution in [0.15, 0.2) is 0 Å². The van der Waals surface area contributed by atoms with E-state index >= 15 is 0 Å². The molecule has 5 nitrogen and oxygen atoms in total. The normalized spacial score (nSPS) is 12.9. The molecule has 1 heterocycles. The summed E-state index contributed by atoms with van der Waals surface area (Å²) in [4.78, 5) is 0. The number of aryl methyl sites for hydroxylation is 2. The van der Waals surface area contributed by atoms with Gasteiger partial charge in [-0.25, -0.2) is 0 Å². The molecule has 1 atom stereocenters. The van der Waals surface area contributed by atoms with Crippen molar-refractivity contribution in [1.29, 1.82) is 0 Å². The molecule has 0 saturated carbocycles. The Morgan fingerprint density at radius 1 is 1.37 bits per heavy atom. The molecule has 0 bridgehead atoms. The summed E-state index contributed by atoms with van der Waals surface area (Å²) in [5.41, 5.74) is 1.76. The molecule has 1 rings (SSSR count). The molecule has 0 radical (unpaired) electrons. The highest BCUT2D eigenvalue weighted by atomic mass is 35.5. The molecule has 110 valence electrons. The Bertz CT molecular complexity index is 382. The maximum absolute atomic E-state index is 9.98. The lowest BCUT2D eigenvalue weighted by Gasteiger charge is -2.11. The van der Waals surface area contributed by atoms with Crippen molar-refractivity contribution in [3.8, 4) is 0 Å². The number of methoxy groups -OCH3 is 1. The van der Waals surface area contributed by atoms with Gasteiger partial charge in [-0.3, -0.25) is 4.68 Å². The first kappa shape index (κ1) is 16.4. The third-order valence-corrected chi connectivity index (χ3v) is 3.40.